The smallest absolute Gasteiger partial charge is 0.257 e. The van der Waals surface area contributed by atoms with E-state index in [0.717, 1.165) is 11.4 Å². The van der Waals surface area contributed by atoms with Crippen LogP contribution in [0.4, 0.5) is 5.69 Å². The molecule has 2 N–H and O–H groups in total. The van der Waals surface area contributed by atoms with Crippen LogP contribution in [0.25, 0.3) is 0 Å². The van der Waals surface area contributed by atoms with Gasteiger partial charge in [-0.2, -0.15) is 5.10 Å². The standard InChI is InChI=1S/C13H15ClN4O2/c1-4-20-13-10(14)5-9(6-15-13)12(19)16-11-7(2)17-18-8(11)3/h5-6H,4H2,1-3H3,(H,16,19)(H,17,18). The van der Waals surface area contributed by atoms with Crippen molar-refractivity contribution in [1.29, 1.82) is 0 Å². The van der Waals surface area contributed by atoms with Gasteiger partial charge in [-0.25, -0.2) is 4.98 Å². The summed E-state index contributed by atoms with van der Waals surface area (Å²) >= 11 is 6.01. The highest BCUT2D eigenvalue weighted by molar-refractivity contribution is 6.32. The van der Waals surface area contributed by atoms with Crippen LogP contribution in [0.3, 0.4) is 0 Å². The minimum absolute atomic E-state index is 0.296. The van der Waals surface area contributed by atoms with Gasteiger partial charge in [-0.3, -0.25) is 9.89 Å². The molecule has 0 bridgehead atoms. The largest absolute Gasteiger partial charge is 0.477 e. The van der Waals surface area contributed by atoms with Gasteiger partial charge in [0.1, 0.15) is 5.02 Å². The summed E-state index contributed by atoms with van der Waals surface area (Å²) in [6.45, 7) is 5.94. The molecular formula is C13H15ClN4O2. The van der Waals surface area contributed by atoms with Gasteiger partial charge in [0.15, 0.2) is 0 Å². The van der Waals surface area contributed by atoms with Crippen LogP contribution in [-0.2, 0) is 0 Å². The number of nitrogens with one attached hydrogen (secondary N) is 2. The van der Waals surface area contributed by atoms with E-state index in [4.69, 9.17) is 16.3 Å². The first-order valence-electron chi connectivity index (χ1n) is 6.14. The lowest BCUT2D eigenvalue weighted by atomic mass is 10.2. The Morgan fingerprint density at radius 1 is 1.50 bits per heavy atom. The zero-order valence-corrected chi connectivity index (χ0v) is 12.2. The van der Waals surface area contributed by atoms with Crippen molar-refractivity contribution < 1.29 is 9.53 Å². The highest BCUT2D eigenvalue weighted by Gasteiger charge is 2.14. The van der Waals surface area contributed by atoms with Gasteiger partial charge in [-0.15, -0.1) is 0 Å². The second-order valence-electron chi connectivity index (χ2n) is 4.21. The van der Waals surface area contributed by atoms with Crippen molar-refractivity contribution >= 4 is 23.2 Å². The van der Waals surface area contributed by atoms with E-state index < -0.39 is 0 Å². The van der Waals surface area contributed by atoms with Crippen molar-refractivity contribution in [2.45, 2.75) is 20.8 Å². The van der Waals surface area contributed by atoms with E-state index in [1.54, 1.807) is 0 Å². The first kappa shape index (κ1) is 14.3. The number of amides is 1. The summed E-state index contributed by atoms with van der Waals surface area (Å²) in [5.41, 5.74) is 2.54. The van der Waals surface area contributed by atoms with Gasteiger partial charge < -0.3 is 10.1 Å². The van der Waals surface area contributed by atoms with Crippen LogP contribution < -0.4 is 10.1 Å². The van der Waals surface area contributed by atoms with E-state index in [0.29, 0.717) is 28.8 Å². The predicted octanol–water partition coefficient (Wildman–Crippen LogP) is 2.73. The maximum Gasteiger partial charge on any atom is 0.257 e. The molecule has 0 fully saturated rings. The van der Waals surface area contributed by atoms with Gasteiger partial charge >= 0.3 is 0 Å². The molecule has 0 unspecified atom stereocenters. The summed E-state index contributed by atoms with van der Waals surface area (Å²) in [5, 5.41) is 9.91. The Morgan fingerprint density at radius 2 is 2.25 bits per heavy atom. The molecule has 2 heterocycles. The average Bonchev–Trinajstić information content (AvgIpc) is 2.73. The van der Waals surface area contributed by atoms with Gasteiger partial charge in [-0.05, 0) is 26.8 Å². The van der Waals surface area contributed by atoms with E-state index in [1.165, 1.54) is 12.3 Å². The Kier molecular flexibility index (Phi) is 4.24. The molecule has 20 heavy (non-hydrogen) atoms. The molecular weight excluding hydrogens is 280 g/mol. The highest BCUT2D eigenvalue weighted by Crippen LogP contribution is 2.23. The lowest BCUT2D eigenvalue weighted by Crippen LogP contribution is -2.13. The third kappa shape index (κ3) is 2.91. The van der Waals surface area contributed by atoms with Gasteiger partial charge in [0.2, 0.25) is 5.88 Å². The molecule has 2 aromatic heterocycles. The molecule has 0 spiro atoms. The van der Waals surface area contributed by atoms with Gasteiger partial charge in [0.05, 0.1) is 29.2 Å². The van der Waals surface area contributed by atoms with Crippen LogP contribution in [0.1, 0.15) is 28.7 Å². The first-order valence-corrected chi connectivity index (χ1v) is 6.52. The van der Waals surface area contributed by atoms with E-state index >= 15 is 0 Å². The van der Waals surface area contributed by atoms with Crippen LogP contribution >= 0.6 is 11.6 Å². The maximum atomic E-state index is 12.1. The van der Waals surface area contributed by atoms with E-state index in [9.17, 15) is 4.79 Å². The molecule has 0 aliphatic carbocycles. The maximum absolute atomic E-state index is 12.1. The number of pyridine rings is 1. The van der Waals surface area contributed by atoms with Crippen LogP contribution in [0, 0.1) is 13.8 Å². The number of H-pyrrole nitrogens is 1. The molecule has 6 nitrogen and oxygen atoms in total. The van der Waals surface area contributed by atoms with E-state index in [1.807, 2.05) is 20.8 Å². The lowest BCUT2D eigenvalue weighted by molar-refractivity contribution is 0.102. The van der Waals surface area contributed by atoms with Crippen molar-refractivity contribution in [1.82, 2.24) is 15.2 Å². The first-order chi connectivity index (χ1) is 9.52. The van der Waals surface area contributed by atoms with Crippen molar-refractivity contribution in [3.8, 4) is 5.88 Å². The van der Waals surface area contributed by atoms with Crippen molar-refractivity contribution in [3.63, 3.8) is 0 Å². The summed E-state index contributed by atoms with van der Waals surface area (Å²) in [7, 11) is 0. The minimum atomic E-state index is -0.296. The average molecular weight is 295 g/mol. The Balaban J connectivity index is 2.20. The van der Waals surface area contributed by atoms with E-state index in [2.05, 4.69) is 20.5 Å². The number of carbonyl (C=O) groups is 1. The zero-order valence-electron chi connectivity index (χ0n) is 11.5. The van der Waals surface area contributed by atoms with Crippen molar-refractivity contribution in [2.24, 2.45) is 0 Å². The Morgan fingerprint density at radius 3 is 2.80 bits per heavy atom. The molecule has 0 aromatic carbocycles. The Labute approximate surface area is 121 Å². The monoisotopic (exact) mass is 294 g/mol. The Hall–Kier alpha value is -2.08. The van der Waals surface area contributed by atoms with Gasteiger partial charge in [-0.1, -0.05) is 11.6 Å². The molecule has 0 radical (unpaired) electrons. The molecule has 2 rings (SSSR count). The normalized spacial score (nSPS) is 10.4. The predicted molar refractivity (Wildman–Crippen MR) is 76.4 cm³/mol. The fraction of sp³-hybridized carbons (Fsp3) is 0.308. The van der Waals surface area contributed by atoms with Crippen LogP contribution in [0.5, 0.6) is 5.88 Å². The molecule has 2 aromatic rings. The summed E-state index contributed by atoms with van der Waals surface area (Å²) in [4.78, 5) is 16.2. The number of hydrogen-bond donors (Lipinski definition) is 2. The van der Waals surface area contributed by atoms with Crippen molar-refractivity contribution in [3.05, 3.63) is 34.2 Å². The van der Waals surface area contributed by atoms with Crippen LogP contribution in [0.15, 0.2) is 12.3 Å². The number of aryl methyl sites for hydroxylation is 2. The number of halogens is 1. The molecule has 106 valence electrons. The Bertz CT molecular complexity index is 620. The van der Waals surface area contributed by atoms with E-state index in [-0.39, 0.29) is 5.91 Å². The summed E-state index contributed by atoms with van der Waals surface area (Å²) < 4.78 is 5.23. The number of aromatic amines is 1. The highest BCUT2D eigenvalue weighted by atomic mass is 35.5. The van der Waals surface area contributed by atoms with Gasteiger partial charge in [0.25, 0.3) is 5.91 Å². The second kappa shape index (κ2) is 5.92. The number of rotatable bonds is 4. The quantitative estimate of drug-likeness (QED) is 0.908. The van der Waals surface area contributed by atoms with Crippen molar-refractivity contribution in [2.75, 3.05) is 11.9 Å². The minimum Gasteiger partial charge on any atom is -0.477 e. The summed E-state index contributed by atoms with van der Waals surface area (Å²) in [6.07, 6.45) is 1.43. The second-order valence-corrected chi connectivity index (χ2v) is 4.61. The van der Waals surface area contributed by atoms with Crippen LogP contribution in [0.2, 0.25) is 5.02 Å². The molecule has 0 aliphatic rings. The number of ether oxygens (including phenoxy) is 1. The molecule has 0 aliphatic heterocycles. The lowest BCUT2D eigenvalue weighted by Gasteiger charge is -2.07. The summed E-state index contributed by atoms with van der Waals surface area (Å²) in [6, 6.07) is 1.53. The third-order valence-corrected chi connectivity index (χ3v) is 2.99. The topological polar surface area (TPSA) is 79.9 Å². The summed E-state index contributed by atoms with van der Waals surface area (Å²) in [5.74, 6) is 0.0245. The third-order valence-electron chi connectivity index (χ3n) is 2.72. The zero-order chi connectivity index (χ0) is 14.7. The fourth-order valence-electron chi connectivity index (χ4n) is 1.71. The van der Waals surface area contributed by atoms with Crippen LogP contribution in [-0.4, -0.2) is 27.7 Å². The number of aromatic nitrogens is 3. The molecule has 1 amide bonds. The molecule has 0 saturated carbocycles. The fourth-order valence-corrected chi connectivity index (χ4v) is 1.93. The number of nitrogens with zero attached hydrogens (tertiary/aromatic N) is 2. The molecule has 7 heteroatoms. The number of anilines is 1. The van der Waals surface area contributed by atoms with Gasteiger partial charge in [0, 0.05) is 6.20 Å². The number of carbonyl (C=O) groups excluding carboxylic acids is 1. The molecule has 0 saturated heterocycles. The SMILES string of the molecule is CCOc1ncc(C(=O)Nc2c(C)n[nH]c2C)cc1Cl. The number of hydrogen-bond acceptors (Lipinski definition) is 4. The molecule has 0 atom stereocenters.